The van der Waals surface area contributed by atoms with E-state index in [0.717, 1.165) is 21.1 Å². The average Bonchev–Trinajstić information content (AvgIpc) is 3.06. The second-order valence-corrected chi connectivity index (χ2v) is 9.76. The van der Waals surface area contributed by atoms with E-state index in [-0.39, 0.29) is 33.2 Å². The fourth-order valence-corrected chi connectivity index (χ4v) is 4.23. The summed E-state index contributed by atoms with van der Waals surface area (Å²) in [5, 5.41) is 6.51. The molecule has 0 atom stereocenters. The number of hydrogen-bond acceptors (Lipinski definition) is 5. The van der Waals surface area contributed by atoms with Crippen molar-refractivity contribution in [3.8, 4) is 5.69 Å². The Bertz CT molecular complexity index is 1380. The van der Waals surface area contributed by atoms with Gasteiger partial charge in [-0.3, -0.25) is 9.59 Å². The minimum atomic E-state index is -4.56. The van der Waals surface area contributed by atoms with Crippen molar-refractivity contribution >= 4 is 27.4 Å². The number of anilines is 1. The first kappa shape index (κ1) is 25.1. The van der Waals surface area contributed by atoms with Crippen molar-refractivity contribution in [1.29, 1.82) is 0 Å². The van der Waals surface area contributed by atoms with Gasteiger partial charge >= 0.3 is 6.18 Å². The predicted octanol–water partition coefficient (Wildman–Crippen LogP) is 3.58. The van der Waals surface area contributed by atoms with Crippen molar-refractivity contribution < 1.29 is 31.2 Å². The van der Waals surface area contributed by atoms with E-state index in [1.54, 1.807) is 0 Å². The molecule has 0 aliphatic heterocycles. The largest absolute Gasteiger partial charge is 0.416 e. The molecule has 34 heavy (non-hydrogen) atoms. The summed E-state index contributed by atoms with van der Waals surface area (Å²) in [7, 11) is -1.04. The number of aromatic nitrogens is 2. The third-order valence-corrected chi connectivity index (χ3v) is 6.82. The van der Waals surface area contributed by atoms with Crippen LogP contribution < -0.4 is 5.32 Å². The van der Waals surface area contributed by atoms with Gasteiger partial charge in [-0.05, 0) is 50.2 Å². The summed E-state index contributed by atoms with van der Waals surface area (Å²) in [6, 6.07) is 9.83. The molecule has 2 aromatic carbocycles. The van der Waals surface area contributed by atoms with Crippen LogP contribution in [0.25, 0.3) is 5.69 Å². The van der Waals surface area contributed by atoms with Crippen LogP contribution in [0.4, 0.5) is 18.9 Å². The Hall–Kier alpha value is -3.51. The zero-order valence-corrected chi connectivity index (χ0v) is 19.5. The molecule has 1 N–H and O–H groups in total. The number of Topliss-reactive ketones (excluding diaryl/α,β-unsaturated/α-hetero) is 1. The molecule has 0 radical (unpaired) electrons. The van der Waals surface area contributed by atoms with Gasteiger partial charge in [-0.25, -0.2) is 17.4 Å². The van der Waals surface area contributed by atoms with Crippen LogP contribution in [0, 0.1) is 13.8 Å². The van der Waals surface area contributed by atoms with E-state index in [1.165, 1.54) is 64.3 Å². The first-order valence-electron chi connectivity index (χ1n) is 9.85. The summed E-state index contributed by atoms with van der Waals surface area (Å²) in [5.41, 5.74) is -0.444. The quantitative estimate of drug-likeness (QED) is 0.417. The first-order valence-corrected chi connectivity index (χ1v) is 11.3. The molecule has 0 aliphatic carbocycles. The van der Waals surface area contributed by atoms with Crippen molar-refractivity contribution in [3.05, 3.63) is 71.0 Å². The van der Waals surface area contributed by atoms with Crippen molar-refractivity contribution in [3.63, 3.8) is 0 Å². The number of carbonyl (C=O) groups excluding carboxylic acids is 2. The van der Waals surface area contributed by atoms with E-state index in [4.69, 9.17) is 0 Å². The number of hydrogen-bond donors (Lipinski definition) is 1. The molecule has 3 aromatic rings. The standard InChI is InChI=1S/C22H21F3N4O4S/c1-13-19(14(2)29(27-13)17-9-5-7-15(11-17)22(23,24)25)20(30)21(31)26-16-8-6-10-18(12-16)34(32,33)28(3)4/h5-12H,1-4H3,(H,26,31). The van der Waals surface area contributed by atoms with Crippen LogP contribution in [0.15, 0.2) is 53.4 Å². The zero-order valence-electron chi connectivity index (χ0n) is 18.6. The number of ketones is 1. The molecular weight excluding hydrogens is 473 g/mol. The summed E-state index contributed by atoms with van der Waals surface area (Å²) in [4.78, 5) is 25.4. The third-order valence-electron chi connectivity index (χ3n) is 5.01. The van der Waals surface area contributed by atoms with Gasteiger partial charge in [0.2, 0.25) is 10.0 Å². The van der Waals surface area contributed by atoms with Crippen molar-refractivity contribution in [2.45, 2.75) is 24.9 Å². The van der Waals surface area contributed by atoms with Crippen molar-refractivity contribution in [2.24, 2.45) is 0 Å². The second-order valence-electron chi connectivity index (χ2n) is 7.60. The molecular formula is C22H21F3N4O4S. The molecule has 1 heterocycles. The normalized spacial score (nSPS) is 12.1. The molecule has 0 saturated carbocycles. The van der Waals surface area contributed by atoms with Gasteiger partial charge in [-0.2, -0.15) is 18.3 Å². The molecule has 0 spiro atoms. The molecule has 0 aliphatic rings. The second kappa shape index (κ2) is 9.03. The van der Waals surface area contributed by atoms with Gasteiger partial charge in [0.15, 0.2) is 0 Å². The fraction of sp³-hybridized carbons (Fsp3) is 0.227. The van der Waals surface area contributed by atoms with Crippen LogP contribution in [0.2, 0.25) is 0 Å². The highest BCUT2D eigenvalue weighted by Crippen LogP contribution is 2.31. The number of carbonyl (C=O) groups is 2. The SMILES string of the molecule is Cc1nn(-c2cccc(C(F)(F)F)c2)c(C)c1C(=O)C(=O)Nc1cccc(S(=O)(=O)N(C)C)c1. The highest BCUT2D eigenvalue weighted by atomic mass is 32.2. The van der Waals surface area contributed by atoms with Crippen molar-refractivity contribution in [1.82, 2.24) is 14.1 Å². The predicted molar refractivity (Wildman–Crippen MR) is 118 cm³/mol. The van der Waals surface area contributed by atoms with E-state index in [2.05, 4.69) is 10.4 Å². The van der Waals surface area contributed by atoms with Crippen LogP contribution in [-0.4, -0.2) is 48.3 Å². The number of amides is 1. The van der Waals surface area contributed by atoms with Gasteiger partial charge in [-0.15, -0.1) is 0 Å². The van der Waals surface area contributed by atoms with Crippen LogP contribution in [-0.2, 0) is 21.0 Å². The van der Waals surface area contributed by atoms with Crippen LogP contribution in [0.5, 0.6) is 0 Å². The highest BCUT2D eigenvalue weighted by molar-refractivity contribution is 7.89. The van der Waals surface area contributed by atoms with Gasteiger partial charge < -0.3 is 5.32 Å². The number of rotatable bonds is 6. The maximum Gasteiger partial charge on any atom is 0.416 e. The molecule has 8 nitrogen and oxygen atoms in total. The zero-order chi connectivity index (χ0) is 25.4. The van der Waals surface area contributed by atoms with Crippen molar-refractivity contribution in [2.75, 3.05) is 19.4 Å². The van der Waals surface area contributed by atoms with E-state index in [9.17, 15) is 31.2 Å². The lowest BCUT2D eigenvalue weighted by Gasteiger charge is -2.12. The Morgan fingerprint density at radius 2 is 1.68 bits per heavy atom. The highest BCUT2D eigenvalue weighted by Gasteiger charge is 2.31. The lowest BCUT2D eigenvalue weighted by molar-refractivity contribution is -0.137. The minimum Gasteiger partial charge on any atom is -0.319 e. The Kier molecular flexibility index (Phi) is 6.67. The topological polar surface area (TPSA) is 101 Å². The number of nitrogens with one attached hydrogen (secondary N) is 1. The van der Waals surface area contributed by atoms with E-state index in [1.807, 2.05) is 0 Å². The Morgan fingerprint density at radius 1 is 1.03 bits per heavy atom. The summed E-state index contributed by atoms with van der Waals surface area (Å²) < 4.78 is 66.0. The summed E-state index contributed by atoms with van der Waals surface area (Å²) in [5.74, 6) is -2.01. The Balaban J connectivity index is 1.91. The summed E-state index contributed by atoms with van der Waals surface area (Å²) >= 11 is 0. The van der Waals surface area contributed by atoms with E-state index >= 15 is 0 Å². The molecule has 3 rings (SSSR count). The Morgan fingerprint density at radius 3 is 2.29 bits per heavy atom. The molecule has 0 unspecified atom stereocenters. The van der Waals surface area contributed by atoms with E-state index < -0.39 is 33.5 Å². The molecule has 180 valence electrons. The van der Waals surface area contributed by atoms with Crippen LogP contribution >= 0.6 is 0 Å². The monoisotopic (exact) mass is 494 g/mol. The van der Waals surface area contributed by atoms with Crippen LogP contribution in [0.3, 0.4) is 0 Å². The van der Waals surface area contributed by atoms with Gasteiger partial charge in [-0.1, -0.05) is 12.1 Å². The maximum atomic E-state index is 13.1. The first-order chi connectivity index (χ1) is 15.7. The maximum absolute atomic E-state index is 13.1. The molecule has 1 amide bonds. The van der Waals surface area contributed by atoms with Crippen LogP contribution in [0.1, 0.15) is 27.3 Å². The molecule has 0 fully saturated rings. The fourth-order valence-electron chi connectivity index (χ4n) is 3.28. The van der Waals surface area contributed by atoms with Gasteiger partial charge in [0.05, 0.1) is 33.1 Å². The number of aryl methyl sites for hydroxylation is 1. The average molecular weight is 494 g/mol. The number of nitrogens with zero attached hydrogens (tertiary/aromatic N) is 3. The molecule has 12 heteroatoms. The number of halogens is 3. The number of sulfonamides is 1. The van der Waals surface area contributed by atoms with E-state index in [0.29, 0.717) is 0 Å². The number of benzene rings is 2. The molecule has 0 bridgehead atoms. The molecule has 1 aromatic heterocycles. The lowest BCUT2D eigenvalue weighted by Crippen LogP contribution is -2.25. The summed E-state index contributed by atoms with van der Waals surface area (Å²) in [6.45, 7) is 2.92. The smallest absolute Gasteiger partial charge is 0.319 e. The Labute approximate surface area is 194 Å². The third kappa shape index (κ3) is 4.87. The van der Waals surface area contributed by atoms with Gasteiger partial charge in [0.1, 0.15) is 0 Å². The van der Waals surface area contributed by atoms with Gasteiger partial charge in [0, 0.05) is 19.8 Å². The van der Waals surface area contributed by atoms with Gasteiger partial charge in [0.25, 0.3) is 11.7 Å². The number of alkyl halides is 3. The lowest BCUT2D eigenvalue weighted by atomic mass is 10.1. The summed E-state index contributed by atoms with van der Waals surface area (Å²) in [6.07, 6.45) is -4.56. The minimum absolute atomic E-state index is 0.0630. The molecule has 0 saturated heterocycles.